The molecule has 1 aliphatic rings. The van der Waals surface area contributed by atoms with Gasteiger partial charge in [-0.2, -0.15) is 0 Å². The van der Waals surface area contributed by atoms with E-state index < -0.39 is 0 Å². The molecule has 18 heavy (non-hydrogen) atoms. The summed E-state index contributed by atoms with van der Waals surface area (Å²) in [5.74, 6) is -0.168. The van der Waals surface area contributed by atoms with Crippen molar-refractivity contribution in [3.8, 4) is 0 Å². The summed E-state index contributed by atoms with van der Waals surface area (Å²) in [7, 11) is 0. The molecule has 0 aromatic heterocycles. The fraction of sp³-hybridized carbons (Fsp3) is 0.600. The lowest BCUT2D eigenvalue weighted by Crippen LogP contribution is -2.33. The standard InChI is InChI=1S/C15H21BrFN/c1-15(7-3-2-4-8-15)11-18-10-12-9-13(17)5-6-14(12)16/h5-6,9,18H,2-4,7-8,10-11H2,1H3. The van der Waals surface area contributed by atoms with Crippen molar-refractivity contribution in [3.63, 3.8) is 0 Å². The predicted octanol–water partition coefficient (Wildman–Crippen LogP) is 4.65. The van der Waals surface area contributed by atoms with Gasteiger partial charge in [-0.1, -0.05) is 42.1 Å². The lowest BCUT2D eigenvalue weighted by atomic mass is 9.76. The first kappa shape index (κ1) is 14.0. The first-order chi connectivity index (χ1) is 8.59. The van der Waals surface area contributed by atoms with Crippen LogP contribution in [0.5, 0.6) is 0 Å². The monoisotopic (exact) mass is 313 g/mol. The fourth-order valence-corrected chi connectivity index (χ4v) is 3.15. The lowest BCUT2D eigenvalue weighted by molar-refractivity contribution is 0.207. The van der Waals surface area contributed by atoms with E-state index in [0.717, 1.165) is 23.1 Å². The summed E-state index contributed by atoms with van der Waals surface area (Å²) in [6.45, 7) is 4.11. The molecule has 0 spiro atoms. The van der Waals surface area contributed by atoms with Crippen molar-refractivity contribution in [1.29, 1.82) is 0 Å². The molecule has 1 fully saturated rings. The van der Waals surface area contributed by atoms with E-state index in [1.165, 1.54) is 38.2 Å². The molecule has 0 bridgehead atoms. The Balaban J connectivity index is 1.86. The Kier molecular flexibility index (Phi) is 4.79. The fourth-order valence-electron chi connectivity index (χ4n) is 2.76. The smallest absolute Gasteiger partial charge is 0.123 e. The van der Waals surface area contributed by atoms with Crippen LogP contribution in [0, 0.1) is 11.2 Å². The molecule has 1 saturated carbocycles. The molecule has 1 nitrogen and oxygen atoms in total. The number of rotatable bonds is 4. The molecule has 0 unspecified atom stereocenters. The molecule has 2 rings (SSSR count). The van der Waals surface area contributed by atoms with Crippen LogP contribution in [-0.2, 0) is 6.54 Å². The van der Waals surface area contributed by atoms with E-state index in [2.05, 4.69) is 28.2 Å². The van der Waals surface area contributed by atoms with Gasteiger partial charge in [-0.15, -0.1) is 0 Å². The van der Waals surface area contributed by atoms with Crippen molar-refractivity contribution in [2.45, 2.75) is 45.6 Å². The average Bonchev–Trinajstić information content (AvgIpc) is 2.34. The molecule has 0 heterocycles. The summed E-state index contributed by atoms with van der Waals surface area (Å²) in [5.41, 5.74) is 1.42. The van der Waals surface area contributed by atoms with Crippen molar-refractivity contribution in [2.24, 2.45) is 5.41 Å². The predicted molar refractivity (Wildman–Crippen MR) is 77.0 cm³/mol. The van der Waals surface area contributed by atoms with Gasteiger partial charge in [0.05, 0.1) is 0 Å². The summed E-state index contributed by atoms with van der Waals surface area (Å²) < 4.78 is 14.1. The van der Waals surface area contributed by atoms with Gasteiger partial charge >= 0.3 is 0 Å². The van der Waals surface area contributed by atoms with Gasteiger partial charge in [-0.25, -0.2) is 4.39 Å². The minimum atomic E-state index is -0.168. The third-order valence-corrected chi connectivity index (χ3v) is 4.71. The second-order valence-corrected chi connectivity index (χ2v) is 6.56. The molecule has 0 radical (unpaired) electrons. The number of hydrogen-bond donors (Lipinski definition) is 1. The Bertz CT molecular complexity index is 399. The van der Waals surface area contributed by atoms with E-state index in [1.807, 2.05) is 0 Å². The number of benzene rings is 1. The maximum absolute atomic E-state index is 13.2. The first-order valence-corrected chi connectivity index (χ1v) is 7.53. The highest BCUT2D eigenvalue weighted by Gasteiger charge is 2.25. The molecule has 3 heteroatoms. The molecule has 1 aliphatic carbocycles. The van der Waals surface area contributed by atoms with E-state index >= 15 is 0 Å². The van der Waals surface area contributed by atoms with Crippen molar-refractivity contribution in [1.82, 2.24) is 5.32 Å². The highest BCUT2D eigenvalue weighted by atomic mass is 79.9. The van der Waals surface area contributed by atoms with Crippen LogP contribution in [0.15, 0.2) is 22.7 Å². The molecule has 1 N–H and O–H groups in total. The summed E-state index contributed by atoms with van der Waals surface area (Å²) in [5, 5.41) is 3.48. The van der Waals surface area contributed by atoms with E-state index in [0.29, 0.717) is 5.41 Å². The van der Waals surface area contributed by atoms with Crippen LogP contribution in [-0.4, -0.2) is 6.54 Å². The van der Waals surface area contributed by atoms with Crippen LogP contribution >= 0.6 is 15.9 Å². The zero-order valence-electron chi connectivity index (χ0n) is 10.9. The molecule has 0 atom stereocenters. The van der Waals surface area contributed by atoms with Gasteiger partial charge in [0.1, 0.15) is 5.82 Å². The van der Waals surface area contributed by atoms with E-state index in [-0.39, 0.29) is 5.82 Å². The summed E-state index contributed by atoms with van der Waals surface area (Å²) in [4.78, 5) is 0. The number of halogens is 2. The minimum Gasteiger partial charge on any atom is -0.312 e. The third kappa shape index (κ3) is 3.79. The Hall–Kier alpha value is -0.410. The van der Waals surface area contributed by atoms with Crippen LogP contribution < -0.4 is 5.32 Å². The van der Waals surface area contributed by atoms with Crippen LogP contribution in [0.1, 0.15) is 44.6 Å². The zero-order valence-corrected chi connectivity index (χ0v) is 12.5. The minimum absolute atomic E-state index is 0.168. The number of hydrogen-bond acceptors (Lipinski definition) is 1. The van der Waals surface area contributed by atoms with Crippen molar-refractivity contribution in [2.75, 3.05) is 6.54 Å². The summed E-state index contributed by atoms with van der Waals surface area (Å²) >= 11 is 3.46. The van der Waals surface area contributed by atoms with Crippen molar-refractivity contribution in [3.05, 3.63) is 34.1 Å². The summed E-state index contributed by atoms with van der Waals surface area (Å²) in [6.07, 6.45) is 6.70. The molecule has 0 aliphatic heterocycles. The first-order valence-electron chi connectivity index (χ1n) is 6.74. The largest absolute Gasteiger partial charge is 0.312 e. The molecule has 0 amide bonds. The Morgan fingerprint density at radius 2 is 2.00 bits per heavy atom. The Morgan fingerprint density at radius 1 is 1.28 bits per heavy atom. The van der Waals surface area contributed by atoms with Gasteiger partial charge in [0.2, 0.25) is 0 Å². The van der Waals surface area contributed by atoms with Gasteiger partial charge < -0.3 is 5.32 Å². The van der Waals surface area contributed by atoms with Crippen molar-refractivity contribution >= 4 is 15.9 Å². The van der Waals surface area contributed by atoms with E-state index in [9.17, 15) is 4.39 Å². The second kappa shape index (κ2) is 6.16. The van der Waals surface area contributed by atoms with Gasteiger partial charge in [0.15, 0.2) is 0 Å². The molecule has 1 aromatic carbocycles. The van der Waals surface area contributed by atoms with Gasteiger partial charge in [0, 0.05) is 17.6 Å². The van der Waals surface area contributed by atoms with Crippen LogP contribution in [0.4, 0.5) is 4.39 Å². The highest BCUT2D eigenvalue weighted by molar-refractivity contribution is 9.10. The zero-order chi connectivity index (χ0) is 13.0. The molecular formula is C15H21BrFN. The Labute approximate surface area is 117 Å². The quantitative estimate of drug-likeness (QED) is 0.853. The topological polar surface area (TPSA) is 12.0 Å². The van der Waals surface area contributed by atoms with E-state index in [4.69, 9.17) is 0 Å². The molecule has 1 aromatic rings. The lowest BCUT2D eigenvalue weighted by Gasteiger charge is -2.33. The van der Waals surface area contributed by atoms with Gasteiger partial charge in [-0.05, 0) is 42.0 Å². The maximum atomic E-state index is 13.2. The van der Waals surface area contributed by atoms with Crippen LogP contribution in [0.2, 0.25) is 0 Å². The highest BCUT2D eigenvalue weighted by Crippen LogP contribution is 2.35. The normalized spacial score (nSPS) is 18.8. The second-order valence-electron chi connectivity index (χ2n) is 5.71. The third-order valence-electron chi connectivity index (χ3n) is 3.94. The molecule has 100 valence electrons. The Morgan fingerprint density at radius 3 is 2.72 bits per heavy atom. The molecular weight excluding hydrogens is 293 g/mol. The molecule has 0 saturated heterocycles. The van der Waals surface area contributed by atoms with Gasteiger partial charge in [-0.3, -0.25) is 0 Å². The van der Waals surface area contributed by atoms with Crippen molar-refractivity contribution < 1.29 is 4.39 Å². The van der Waals surface area contributed by atoms with Crippen LogP contribution in [0.3, 0.4) is 0 Å². The number of nitrogens with one attached hydrogen (secondary N) is 1. The van der Waals surface area contributed by atoms with Crippen LogP contribution in [0.25, 0.3) is 0 Å². The maximum Gasteiger partial charge on any atom is 0.123 e. The van der Waals surface area contributed by atoms with Gasteiger partial charge in [0.25, 0.3) is 0 Å². The summed E-state index contributed by atoms with van der Waals surface area (Å²) in [6, 6.07) is 4.85. The average molecular weight is 314 g/mol. The van der Waals surface area contributed by atoms with E-state index in [1.54, 1.807) is 12.1 Å². The SMILES string of the molecule is CC1(CNCc2cc(F)ccc2Br)CCCCC1.